The van der Waals surface area contributed by atoms with Crippen molar-refractivity contribution in [2.24, 2.45) is 32.5 Å². The van der Waals surface area contributed by atoms with Gasteiger partial charge in [0.1, 0.15) is 24.0 Å². The fourth-order valence-electron chi connectivity index (χ4n) is 5.47. The Morgan fingerprint density at radius 1 is 1.36 bits per heavy atom. The van der Waals surface area contributed by atoms with Gasteiger partial charge >= 0.3 is 0 Å². The lowest BCUT2D eigenvalue weighted by molar-refractivity contribution is -0.137. The second kappa shape index (κ2) is 12.3. The highest BCUT2D eigenvalue weighted by atomic mass is 19.2. The van der Waals surface area contributed by atoms with Gasteiger partial charge in [0, 0.05) is 37.9 Å². The number of amides is 2. The van der Waals surface area contributed by atoms with Crippen LogP contribution >= 0.6 is 0 Å². The van der Waals surface area contributed by atoms with Gasteiger partial charge in [0.15, 0.2) is 5.67 Å². The summed E-state index contributed by atoms with van der Waals surface area (Å²) in [6.07, 6.45) is 9.56. The molecule has 5 aliphatic rings. The van der Waals surface area contributed by atoms with Crippen LogP contribution in [0.5, 0.6) is 0 Å². The summed E-state index contributed by atoms with van der Waals surface area (Å²) < 4.78 is 27.4. The summed E-state index contributed by atoms with van der Waals surface area (Å²) in [7, 11) is 0. The van der Waals surface area contributed by atoms with Crippen molar-refractivity contribution < 1.29 is 18.4 Å². The van der Waals surface area contributed by atoms with Crippen molar-refractivity contribution in [3.8, 4) is 0 Å². The lowest BCUT2D eigenvalue weighted by Crippen LogP contribution is -2.49. The third-order valence-corrected chi connectivity index (χ3v) is 7.91. The van der Waals surface area contributed by atoms with Crippen LogP contribution in [0.3, 0.4) is 0 Å². The molecule has 4 fully saturated rings. The predicted octanol–water partition coefficient (Wildman–Crippen LogP) is 2.36. The Kier molecular flexibility index (Phi) is 9.09. The normalized spacial score (nSPS) is 29.8. The number of hydrogen-bond donors (Lipinski definition) is 2. The smallest absolute Gasteiger partial charge is 0.267 e. The van der Waals surface area contributed by atoms with Gasteiger partial charge in [-0.25, -0.2) is 13.8 Å². The summed E-state index contributed by atoms with van der Waals surface area (Å²) in [5.41, 5.74) is 4.40. The largest absolute Gasteiger partial charge is 0.364 e. The van der Waals surface area contributed by atoms with Crippen LogP contribution in [0.2, 0.25) is 0 Å². The standard InChI is InChI=1S/C28H39F2N7O2/c1-4-20(5-2)25(26(31)38)34-12-18(3)33-13-23-32-10-6-7-24(35-23)36-14-19-8-9-21(16-36)37(15-19)27(39)22-11-28(22,30)17-29/h4,6-7,12,18-19,21-22,33H,1,5,8-11,13-17H2,2-3H3,(H2,31,38)/b25-20+,34-12?/t18?,19-,21+,22?,28?/m0/s1. The van der Waals surface area contributed by atoms with E-state index in [4.69, 9.17) is 10.7 Å². The van der Waals surface area contributed by atoms with Gasteiger partial charge in [0.25, 0.3) is 5.91 Å². The molecular formula is C28H39F2N7O2. The highest BCUT2D eigenvalue weighted by Crippen LogP contribution is 2.49. The number of carbonyl (C=O) groups excluding carboxylic acids is 2. The van der Waals surface area contributed by atoms with E-state index in [-0.39, 0.29) is 36.0 Å². The van der Waals surface area contributed by atoms with Crippen LogP contribution in [0.15, 0.2) is 51.1 Å². The Labute approximate surface area is 228 Å². The number of piperidine rings is 1. The first kappa shape index (κ1) is 28.8. The van der Waals surface area contributed by atoms with E-state index in [9.17, 15) is 18.4 Å². The van der Waals surface area contributed by atoms with E-state index >= 15 is 0 Å². The number of halogens is 2. The maximum absolute atomic E-state index is 14.3. The molecule has 11 heteroatoms. The van der Waals surface area contributed by atoms with Crippen molar-refractivity contribution in [3.63, 3.8) is 0 Å². The van der Waals surface area contributed by atoms with Crippen molar-refractivity contribution in [2.75, 3.05) is 39.4 Å². The summed E-state index contributed by atoms with van der Waals surface area (Å²) in [4.78, 5) is 42.5. The molecule has 0 radical (unpaired) electrons. The average Bonchev–Trinajstić information content (AvgIpc) is 3.72. The summed E-state index contributed by atoms with van der Waals surface area (Å²) in [5, 5.41) is 3.32. The molecule has 5 atom stereocenters. The number of amidine groups is 2. The van der Waals surface area contributed by atoms with E-state index in [0.717, 1.165) is 25.2 Å². The van der Waals surface area contributed by atoms with Crippen LogP contribution in [0.4, 0.5) is 8.78 Å². The van der Waals surface area contributed by atoms with E-state index in [1.165, 1.54) is 0 Å². The molecule has 5 rings (SSSR count). The Hall–Kier alpha value is -3.21. The van der Waals surface area contributed by atoms with Crippen LogP contribution < -0.4 is 11.1 Å². The second-order valence-corrected chi connectivity index (χ2v) is 10.8. The van der Waals surface area contributed by atoms with E-state index < -0.39 is 24.2 Å². The highest BCUT2D eigenvalue weighted by molar-refractivity contribution is 6.04. The minimum absolute atomic E-state index is 0.0144. The van der Waals surface area contributed by atoms with Gasteiger partial charge in [0.2, 0.25) is 5.91 Å². The predicted molar refractivity (Wildman–Crippen MR) is 149 cm³/mol. The number of fused-ring (bicyclic) bond motifs is 4. The van der Waals surface area contributed by atoms with E-state index in [1.54, 1.807) is 17.2 Å². The zero-order chi connectivity index (χ0) is 28.2. The zero-order valence-corrected chi connectivity index (χ0v) is 22.8. The number of rotatable bonds is 10. The Morgan fingerprint density at radius 3 is 2.82 bits per heavy atom. The minimum Gasteiger partial charge on any atom is -0.364 e. The van der Waals surface area contributed by atoms with Gasteiger partial charge < -0.3 is 20.9 Å². The van der Waals surface area contributed by atoms with Crippen LogP contribution in [0, 0.1) is 11.8 Å². The van der Waals surface area contributed by atoms with Crippen molar-refractivity contribution in [2.45, 2.75) is 57.3 Å². The number of nitrogens with one attached hydrogen (secondary N) is 1. The lowest BCUT2D eigenvalue weighted by atomic mass is 9.94. The monoisotopic (exact) mass is 543 g/mol. The van der Waals surface area contributed by atoms with Crippen molar-refractivity contribution >= 4 is 29.7 Å². The van der Waals surface area contributed by atoms with Gasteiger partial charge in [-0.15, -0.1) is 0 Å². The quantitative estimate of drug-likeness (QED) is 0.250. The molecule has 3 saturated heterocycles. The number of nitrogens with zero attached hydrogens (tertiary/aromatic N) is 5. The molecule has 0 aromatic carbocycles. The van der Waals surface area contributed by atoms with E-state index in [1.807, 2.05) is 26.0 Å². The number of hydrogen-bond acceptors (Lipinski definition) is 7. The molecule has 2 bridgehead atoms. The first-order valence-electron chi connectivity index (χ1n) is 13.7. The first-order valence-corrected chi connectivity index (χ1v) is 13.7. The number of primary amides is 1. The minimum atomic E-state index is -1.97. The fourth-order valence-corrected chi connectivity index (χ4v) is 5.47. The molecule has 3 unspecified atom stereocenters. The van der Waals surface area contributed by atoms with Crippen LogP contribution in [-0.2, 0) is 9.59 Å². The number of carbonyl (C=O) groups is 2. The van der Waals surface area contributed by atoms with Crippen molar-refractivity contribution in [1.82, 2.24) is 15.1 Å². The van der Waals surface area contributed by atoms with Gasteiger partial charge in [-0.2, -0.15) is 0 Å². The molecule has 0 spiro atoms. The molecule has 39 heavy (non-hydrogen) atoms. The topological polar surface area (TPSA) is 116 Å². The molecule has 0 aromatic rings. The molecule has 2 amide bonds. The van der Waals surface area contributed by atoms with Crippen LogP contribution in [0.25, 0.3) is 0 Å². The fraction of sp³-hybridized carbons (Fsp3) is 0.607. The summed E-state index contributed by atoms with van der Waals surface area (Å²) >= 11 is 0. The molecule has 0 aromatic heterocycles. The average molecular weight is 544 g/mol. The third kappa shape index (κ3) is 6.69. The molecule has 212 valence electrons. The zero-order valence-electron chi connectivity index (χ0n) is 22.8. The Balaban J connectivity index is 1.39. The Bertz CT molecular complexity index is 1130. The Morgan fingerprint density at radius 2 is 2.15 bits per heavy atom. The number of allylic oxidation sites excluding steroid dienone is 2. The molecular weight excluding hydrogens is 504 g/mol. The van der Waals surface area contributed by atoms with Crippen LogP contribution in [0.1, 0.15) is 39.5 Å². The second-order valence-electron chi connectivity index (χ2n) is 10.8. The SMILES string of the molecule is C=C/C(CC)=C(\N=CC(C)NCC1=NCC=CC(N2C[C@@H]3CC[C@H](C2)N(C(=O)C2CC2(F)CF)C3)=N1)C(N)=O. The highest BCUT2D eigenvalue weighted by Gasteiger charge is 2.61. The van der Waals surface area contributed by atoms with Gasteiger partial charge in [-0.3, -0.25) is 19.6 Å². The lowest BCUT2D eigenvalue weighted by Gasteiger charge is -2.36. The van der Waals surface area contributed by atoms with Crippen molar-refractivity contribution in [3.05, 3.63) is 36.1 Å². The molecule has 9 nitrogen and oxygen atoms in total. The maximum atomic E-state index is 14.3. The third-order valence-electron chi connectivity index (χ3n) is 7.91. The van der Waals surface area contributed by atoms with E-state index in [0.29, 0.717) is 44.0 Å². The number of aliphatic imine (C=N–C) groups is 3. The summed E-state index contributed by atoms with van der Waals surface area (Å²) in [6, 6.07) is -0.228. The molecule has 4 aliphatic heterocycles. The van der Waals surface area contributed by atoms with Gasteiger partial charge in [-0.05, 0) is 50.2 Å². The summed E-state index contributed by atoms with van der Waals surface area (Å²) in [5.74, 6) is -0.0294. The molecule has 4 heterocycles. The van der Waals surface area contributed by atoms with Gasteiger partial charge in [-0.1, -0.05) is 25.7 Å². The summed E-state index contributed by atoms with van der Waals surface area (Å²) in [6.45, 7) is 9.24. The maximum Gasteiger partial charge on any atom is 0.267 e. The number of alkyl halides is 2. The van der Waals surface area contributed by atoms with Crippen LogP contribution in [-0.4, -0.2) is 96.7 Å². The van der Waals surface area contributed by atoms with Crippen molar-refractivity contribution in [1.29, 1.82) is 0 Å². The van der Waals surface area contributed by atoms with E-state index in [2.05, 4.69) is 26.8 Å². The van der Waals surface area contributed by atoms with Gasteiger partial charge in [0.05, 0.1) is 19.0 Å². The molecule has 1 aliphatic carbocycles. The molecule has 3 N–H and O–H groups in total. The molecule has 1 saturated carbocycles. The first-order chi connectivity index (χ1) is 18.7. The number of nitrogens with two attached hydrogens (primary N) is 1.